The van der Waals surface area contributed by atoms with E-state index in [2.05, 4.69) is 5.10 Å². The lowest BCUT2D eigenvalue weighted by Crippen LogP contribution is -2.50. The number of nitrogens with zero attached hydrogens (tertiary/aromatic N) is 4. The quantitative estimate of drug-likeness (QED) is 0.628. The summed E-state index contributed by atoms with van der Waals surface area (Å²) >= 11 is 0. The van der Waals surface area contributed by atoms with Crippen molar-refractivity contribution in [3.63, 3.8) is 0 Å². The Hall–Kier alpha value is -2.97. The summed E-state index contributed by atoms with van der Waals surface area (Å²) in [5.41, 5.74) is 4.49. The number of sulfonamides is 1. The molecule has 2 aromatic carbocycles. The van der Waals surface area contributed by atoms with Crippen LogP contribution in [0, 0.1) is 20.8 Å². The van der Waals surface area contributed by atoms with Crippen molar-refractivity contribution in [3.8, 4) is 5.69 Å². The van der Waals surface area contributed by atoms with E-state index in [0.29, 0.717) is 23.5 Å². The van der Waals surface area contributed by atoms with Crippen LogP contribution in [0.2, 0.25) is 0 Å². The second-order valence-corrected chi connectivity index (χ2v) is 9.81. The molecule has 31 heavy (non-hydrogen) atoms. The van der Waals surface area contributed by atoms with Gasteiger partial charge >= 0.3 is 0 Å². The van der Waals surface area contributed by atoms with Crippen molar-refractivity contribution in [1.29, 1.82) is 0 Å². The van der Waals surface area contributed by atoms with Crippen LogP contribution in [-0.4, -0.2) is 59.5 Å². The minimum atomic E-state index is -3.56. The van der Waals surface area contributed by atoms with Gasteiger partial charge in [0.1, 0.15) is 0 Å². The van der Waals surface area contributed by atoms with Crippen molar-refractivity contribution < 1.29 is 13.2 Å². The van der Waals surface area contributed by atoms with Gasteiger partial charge in [0.25, 0.3) is 5.91 Å². The van der Waals surface area contributed by atoms with E-state index in [0.717, 1.165) is 22.5 Å². The Morgan fingerprint density at radius 2 is 1.55 bits per heavy atom. The lowest BCUT2D eigenvalue weighted by Gasteiger charge is -2.34. The first kappa shape index (κ1) is 21.3. The summed E-state index contributed by atoms with van der Waals surface area (Å²) in [6.07, 6.45) is 1.74. The molecular formula is C23H26N4O3S. The van der Waals surface area contributed by atoms with Gasteiger partial charge < -0.3 is 4.90 Å². The van der Waals surface area contributed by atoms with E-state index in [9.17, 15) is 13.2 Å². The van der Waals surface area contributed by atoms with Crippen molar-refractivity contribution >= 4 is 15.9 Å². The molecule has 0 atom stereocenters. The topological polar surface area (TPSA) is 75.5 Å². The smallest absolute Gasteiger partial charge is 0.253 e. The second kappa shape index (κ2) is 8.28. The molecule has 7 nitrogen and oxygen atoms in total. The van der Waals surface area contributed by atoms with Crippen LogP contribution < -0.4 is 0 Å². The number of benzene rings is 2. The zero-order valence-corrected chi connectivity index (χ0v) is 18.8. The van der Waals surface area contributed by atoms with Crippen LogP contribution in [0.25, 0.3) is 5.69 Å². The molecule has 1 saturated heterocycles. The van der Waals surface area contributed by atoms with Gasteiger partial charge in [-0.25, -0.2) is 13.1 Å². The maximum atomic E-state index is 13.0. The Kier molecular flexibility index (Phi) is 5.68. The van der Waals surface area contributed by atoms with Gasteiger partial charge in [0.15, 0.2) is 0 Å². The monoisotopic (exact) mass is 438 g/mol. The van der Waals surface area contributed by atoms with E-state index >= 15 is 0 Å². The number of hydrogen-bond donors (Lipinski definition) is 0. The maximum Gasteiger partial charge on any atom is 0.253 e. The van der Waals surface area contributed by atoms with Gasteiger partial charge in [-0.15, -0.1) is 0 Å². The number of rotatable bonds is 4. The molecule has 0 spiro atoms. The third kappa shape index (κ3) is 4.13. The zero-order chi connectivity index (χ0) is 22.2. The first-order chi connectivity index (χ1) is 14.8. The fourth-order valence-corrected chi connectivity index (χ4v) is 5.23. The molecule has 0 saturated carbocycles. The normalized spacial score (nSPS) is 15.3. The van der Waals surface area contributed by atoms with Gasteiger partial charge in [-0.05, 0) is 74.4 Å². The van der Waals surface area contributed by atoms with Crippen LogP contribution in [0.5, 0.6) is 0 Å². The van der Waals surface area contributed by atoms with E-state index in [1.165, 1.54) is 4.31 Å². The van der Waals surface area contributed by atoms with Crippen molar-refractivity contribution in [2.45, 2.75) is 25.7 Å². The number of hydrogen-bond acceptors (Lipinski definition) is 4. The van der Waals surface area contributed by atoms with Gasteiger partial charge in [-0.3, -0.25) is 4.79 Å². The molecule has 0 unspecified atom stereocenters. The Balaban J connectivity index is 1.43. The molecular weight excluding hydrogens is 412 g/mol. The minimum absolute atomic E-state index is 0.0908. The van der Waals surface area contributed by atoms with E-state index in [4.69, 9.17) is 0 Å². The molecule has 1 aromatic heterocycles. The van der Waals surface area contributed by atoms with Crippen molar-refractivity contribution in [2.75, 3.05) is 26.2 Å². The summed E-state index contributed by atoms with van der Waals surface area (Å²) in [6.45, 7) is 7.13. The third-order valence-electron chi connectivity index (χ3n) is 5.83. The summed E-state index contributed by atoms with van der Waals surface area (Å²) in [5.74, 6) is -0.0908. The van der Waals surface area contributed by atoms with E-state index in [-0.39, 0.29) is 19.0 Å². The standard InChI is InChI=1S/C23H26N4O3S/c1-17-4-9-22(16-18(17)2)31(29,30)26-14-12-25(13-15-26)23(28)20-5-7-21(8-6-20)27-19(3)10-11-24-27/h4-11,16H,12-15H2,1-3H3. The molecule has 0 N–H and O–H groups in total. The molecule has 3 aromatic rings. The van der Waals surface area contributed by atoms with Gasteiger partial charge in [0.2, 0.25) is 10.0 Å². The zero-order valence-electron chi connectivity index (χ0n) is 17.9. The number of amides is 1. The van der Waals surface area contributed by atoms with Gasteiger partial charge in [0, 0.05) is 43.6 Å². The Labute approximate surface area is 183 Å². The maximum absolute atomic E-state index is 13.0. The first-order valence-electron chi connectivity index (χ1n) is 10.2. The van der Waals surface area contributed by atoms with Crippen molar-refractivity contribution in [1.82, 2.24) is 19.0 Å². The Morgan fingerprint density at radius 3 is 2.13 bits per heavy atom. The molecule has 0 radical (unpaired) electrons. The van der Waals surface area contributed by atoms with Crippen LogP contribution >= 0.6 is 0 Å². The van der Waals surface area contributed by atoms with Crippen LogP contribution in [0.3, 0.4) is 0 Å². The van der Waals surface area contributed by atoms with Gasteiger partial charge in [0.05, 0.1) is 10.6 Å². The van der Waals surface area contributed by atoms with Crippen LogP contribution in [-0.2, 0) is 10.0 Å². The lowest BCUT2D eigenvalue weighted by atomic mass is 10.1. The largest absolute Gasteiger partial charge is 0.336 e. The van der Waals surface area contributed by atoms with Crippen molar-refractivity contribution in [3.05, 3.63) is 77.1 Å². The number of carbonyl (C=O) groups excluding carboxylic acids is 1. The minimum Gasteiger partial charge on any atom is -0.336 e. The number of carbonyl (C=O) groups is 1. The molecule has 0 bridgehead atoms. The summed E-state index contributed by atoms with van der Waals surface area (Å²) < 4.78 is 29.3. The first-order valence-corrected chi connectivity index (χ1v) is 11.7. The third-order valence-corrected chi connectivity index (χ3v) is 7.73. The number of aryl methyl sites for hydroxylation is 3. The van der Waals surface area contributed by atoms with Crippen LogP contribution in [0.1, 0.15) is 27.2 Å². The molecule has 1 aliphatic heterocycles. The number of aromatic nitrogens is 2. The average Bonchev–Trinajstić information content (AvgIpc) is 3.21. The molecule has 8 heteroatoms. The highest BCUT2D eigenvalue weighted by molar-refractivity contribution is 7.89. The number of piperazine rings is 1. The van der Waals surface area contributed by atoms with Gasteiger partial charge in [-0.2, -0.15) is 9.40 Å². The average molecular weight is 439 g/mol. The van der Waals surface area contributed by atoms with Crippen LogP contribution in [0.4, 0.5) is 0 Å². The Morgan fingerprint density at radius 1 is 0.871 bits per heavy atom. The molecule has 1 fully saturated rings. The van der Waals surface area contributed by atoms with E-state index in [1.54, 1.807) is 35.4 Å². The molecule has 1 aliphatic rings. The fourth-order valence-electron chi connectivity index (χ4n) is 3.72. The second-order valence-electron chi connectivity index (χ2n) is 7.87. The molecule has 0 aliphatic carbocycles. The molecule has 162 valence electrons. The summed E-state index contributed by atoms with van der Waals surface area (Å²) in [4.78, 5) is 14.9. The summed E-state index contributed by atoms with van der Waals surface area (Å²) in [7, 11) is -3.56. The highest BCUT2D eigenvalue weighted by atomic mass is 32.2. The summed E-state index contributed by atoms with van der Waals surface area (Å²) in [5, 5.41) is 4.28. The highest BCUT2D eigenvalue weighted by Crippen LogP contribution is 2.21. The predicted molar refractivity (Wildman–Crippen MR) is 119 cm³/mol. The van der Waals surface area contributed by atoms with E-state index in [1.807, 2.05) is 49.7 Å². The molecule has 1 amide bonds. The SMILES string of the molecule is Cc1ccc(S(=O)(=O)N2CCN(C(=O)c3ccc(-n4nccc4C)cc3)CC2)cc1C. The molecule has 4 rings (SSSR count). The van der Waals surface area contributed by atoms with E-state index < -0.39 is 10.0 Å². The lowest BCUT2D eigenvalue weighted by molar-refractivity contribution is 0.0698. The predicted octanol–water partition coefficient (Wildman–Crippen LogP) is 2.94. The fraction of sp³-hybridized carbons (Fsp3) is 0.304. The summed E-state index contributed by atoms with van der Waals surface area (Å²) in [6, 6.07) is 14.4. The highest BCUT2D eigenvalue weighted by Gasteiger charge is 2.30. The van der Waals surface area contributed by atoms with Gasteiger partial charge in [-0.1, -0.05) is 6.07 Å². The van der Waals surface area contributed by atoms with Crippen molar-refractivity contribution in [2.24, 2.45) is 0 Å². The molecule has 2 heterocycles. The van der Waals surface area contributed by atoms with Crippen LogP contribution in [0.15, 0.2) is 59.6 Å². The Bertz CT molecular complexity index is 1210.